The van der Waals surface area contributed by atoms with E-state index in [1.54, 1.807) is 7.11 Å². The van der Waals surface area contributed by atoms with E-state index in [0.29, 0.717) is 16.5 Å². The lowest BCUT2D eigenvalue weighted by Crippen LogP contribution is -2.31. The van der Waals surface area contributed by atoms with Crippen LogP contribution in [0.5, 0.6) is 5.75 Å². The molecule has 5 nitrogen and oxygen atoms in total. The van der Waals surface area contributed by atoms with E-state index in [2.05, 4.69) is 10.3 Å². The lowest BCUT2D eigenvalue weighted by atomic mass is 10.1. The number of rotatable bonds is 5. The Labute approximate surface area is 151 Å². The van der Waals surface area contributed by atoms with Gasteiger partial charge >= 0.3 is 0 Å². The van der Waals surface area contributed by atoms with Gasteiger partial charge in [0.1, 0.15) is 11.4 Å². The van der Waals surface area contributed by atoms with Crippen molar-refractivity contribution in [2.24, 2.45) is 0 Å². The minimum Gasteiger partial charge on any atom is -0.497 e. The molecule has 3 rings (SSSR count). The van der Waals surface area contributed by atoms with Crippen molar-refractivity contribution in [3.8, 4) is 17.0 Å². The van der Waals surface area contributed by atoms with E-state index in [1.165, 1.54) is 0 Å². The second-order valence-electron chi connectivity index (χ2n) is 6.11. The van der Waals surface area contributed by atoms with E-state index in [4.69, 9.17) is 16.3 Å². The monoisotopic (exact) mass is 357 g/mol. The van der Waals surface area contributed by atoms with Crippen molar-refractivity contribution in [1.29, 1.82) is 0 Å². The number of nitrogens with one attached hydrogen (secondary N) is 1. The predicted molar refractivity (Wildman–Crippen MR) is 99.2 cm³/mol. The van der Waals surface area contributed by atoms with E-state index < -0.39 is 0 Å². The van der Waals surface area contributed by atoms with Crippen molar-refractivity contribution in [2.75, 3.05) is 7.11 Å². The number of nitrogens with zero attached hydrogens (tertiary/aromatic N) is 2. The van der Waals surface area contributed by atoms with E-state index in [0.717, 1.165) is 16.9 Å². The van der Waals surface area contributed by atoms with Crippen LogP contribution in [-0.2, 0) is 11.2 Å². The number of pyridine rings is 1. The Morgan fingerprint density at radius 1 is 1.32 bits per heavy atom. The van der Waals surface area contributed by atoms with Crippen molar-refractivity contribution in [1.82, 2.24) is 14.7 Å². The fourth-order valence-corrected chi connectivity index (χ4v) is 2.98. The number of ether oxygens (including phenoxy) is 1. The molecule has 0 spiro atoms. The number of hydrogen-bond acceptors (Lipinski definition) is 3. The summed E-state index contributed by atoms with van der Waals surface area (Å²) in [5.41, 5.74) is 3.20. The Balaban J connectivity index is 2.13. The number of hydrogen-bond donors (Lipinski definition) is 1. The fourth-order valence-electron chi connectivity index (χ4n) is 2.79. The van der Waals surface area contributed by atoms with Crippen molar-refractivity contribution in [2.45, 2.75) is 26.3 Å². The Morgan fingerprint density at radius 2 is 2.12 bits per heavy atom. The molecule has 6 heteroatoms. The summed E-state index contributed by atoms with van der Waals surface area (Å²) in [6.45, 7) is 3.87. The van der Waals surface area contributed by atoms with Gasteiger partial charge in [-0.15, -0.1) is 0 Å². The Bertz CT molecular complexity index is 918. The summed E-state index contributed by atoms with van der Waals surface area (Å²) in [7, 11) is 1.61. The van der Waals surface area contributed by atoms with Crippen LogP contribution in [0.25, 0.3) is 16.9 Å². The zero-order valence-corrected chi connectivity index (χ0v) is 15.2. The minimum absolute atomic E-state index is 0.0614. The minimum atomic E-state index is -0.0614. The third-order valence-electron chi connectivity index (χ3n) is 3.78. The van der Waals surface area contributed by atoms with Crippen molar-refractivity contribution >= 4 is 23.2 Å². The number of methoxy groups -OCH3 is 1. The summed E-state index contributed by atoms with van der Waals surface area (Å²) in [6.07, 6.45) is 2.09. The highest BCUT2D eigenvalue weighted by Crippen LogP contribution is 2.29. The molecule has 0 atom stereocenters. The molecule has 0 aliphatic carbocycles. The van der Waals surface area contributed by atoms with Crippen LogP contribution in [0.3, 0.4) is 0 Å². The maximum Gasteiger partial charge on any atom is 0.226 e. The Morgan fingerprint density at radius 3 is 2.80 bits per heavy atom. The van der Waals surface area contributed by atoms with E-state index in [9.17, 15) is 4.79 Å². The average Bonchev–Trinajstić information content (AvgIpc) is 2.90. The number of aromatic nitrogens is 2. The van der Waals surface area contributed by atoms with Crippen molar-refractivity contribution < 1.29 is 9.53 Å². The molecule has 0 radical (unpaired) electrons. The summed E-state index contributed by atoms with van der Waals surface area (Å²) < 4.78 is 7.23. The van der Waals surface area contributed by atoms with Gasteiger partial charge in [-0.3, -0.25) is 9.20 Å². The van der Waals surface area contributed by atoms with Crippen LogP contribution in [0, 0.1) is 0 Å². The van der Waals surface area contributed by atoms with E-state index in [1.807, 2.05) is 60.8 Å². The van der Waals surface area contributed by atoms with Crippen LogP contribution in [-0.4, -0.2) is 28.4 Å². The molecule has 130 valence electrons. The number of benzene rings is 1. The van der Waals surface area contributed by atoms with Gasteiger partial charge in [-0.05, 0) is 32.0 Å². The highest BCUT2D eigenvalue weighted by Gasteiger charge is 2.18. The van der Waals surface area contributed by atoms with E-state index in [-0.39, 0.29) is 18.4 Å². The van der Waals surface area contributed by atoms with Gasteiger partial charge < -0.3 is 10.1 Å². The Kier molecular flexibility index (Phi) is 4.95. The molecule has 25 heavy (non-hydrogen) atoms. The molecule has 2 heterocycles. The maximum atomic E-state index is 12.3. The molecule has 0 bridgehead atoms. The number of carbonyl (C=O) groups is 1. The van der Waals surface area contributed by atoms with Crippen molar-refractivity contribution in [3.63, 3.8) is 0 Å². The van der Waals surface area contributed by atoms with Crippen LogP contribution in [0.2, 0.25) is 5.02 Å². The van der Waals surface area contributed by atoms with Gasteiger partial charge in [0.2, 0.25) is 5.91 Å². The molecule has 0 aliphatic heterocycles. The average molecular weight is 358 g/mol. The van der Waals surface area contributed by atoms with Gasteiger partial charge in [0.15, 0.2) is 0 Å². The predicted octanol–water partition coefficient (Wildman–Crippen LogP) is 3.73. The van der Waals surface area contributed by atoms with Crippen LogP contribution in [0.15, 0.2) is 42.6 Å². The third kappa shape index (κ3) is 3.77. The quantitative estimate of drug-likeness (QED) is 0.757. The molecule has 3 aromatic rings. The molecule has 1 N–H and O–H groups in total. The van der Waals surface area contributed by atoms with Crippen LogP contribution in [0.1, 0.15) is 19.5 Å². The first-order valence-electron chi connectivity index (χ1n) is 8.08. The lowest BCUT2D eigenvalue weighted by molar-refractivity contribution is -0.120. The van der Waals surface area contributed by atoms with Crippen LogP contribution < -0.4 is 10.1 Å². The molecule has 0 saturated carbocycles. The van der Waals surface area contributed by atoms with E-state index >= 15 is 0 Å². The summed E-state index contributed by atoms with van der Waals surface area (Å²) in [5, 5.41) is 3.55. The van der Waals surface area contributed by atoms with Gasteiger partial charge in [0, 0.05) is 28.9 Å². The summed E-state index contributed by atoms with van der Waals surface area (Å²) in [5.74, 6) is 0.655. The standard InChI is InChI=1S/C19H20ClN3O2/c1-12(2)21-18(24)11-16-19(13-5-4-6-14(20)9-13)23-8-7-15(25-3)10-17(23)22-16/h4-10,12H,11H2,1-3H3,(H,21,24). The molecule has 0 saturated heterocycles. The highest BCUT2D eigenvalue weighted by atomic mass is 35.5. The molecule has 1 amide bonds. The number of fused-ring (bicyclic) bond motifs is 1. The van der Waals surface area contributed by atoms with Crippen LogP contribution >= 0.6 is 11.6 Å². The molecule has 0 unspecified atom stereocenters. The van der Waals surface area contributed by atoms with Crippen molar-refractivity contribution in [3.05, 3.63) is 53.3 Å². The summed E-state index contributed by atoms with van der Waals surface area (Å²) in [6, 6.07) is 11.3. The summed E-state index contributed by atoms with van der Waals surface area (Å²) in [4.78, 5) is 16.9. The zero-order valence-electron chi connectivity index (χ0n) is 14.4. The molecule has 0 fully saturated rings. The second kappa shape index (κ2) is 7.15. The normalized spacial score (nSPS) is 11.1. The number of carbonyl (C=O) groups excluding carboxylic acids is 1. The first-order valence-corrected chi connectivity index (χ1v) is 8.46. The van der Waals surface area contributed by atoms with Gasteiger partial charge in [-0.1, -0.05) is 23.7 Å². The number of amides is 1. The molecule has 2 aromatic heterocycles. The smallest absolute Gasteiger partial charge is 0.226 e. The SMILES string of the molecule is COc1ccn2c(-c3cccc(Cl)c3)c(CC(=O)NC(C)C)nc2c1. The fraction of sp³-hybridized carbons (Fsp3) is 0.263. The summed E-state index contributed by atoms with van der Waals surface area (Å²) >= 11 is 6.16. The van der Waals surface area contributed by atoms with Gasteiger partial charge in [-0.25, -0.2) is 4.98 Å². The molecular formula is C19H20ClN3O2. The Hall–Kier alpha value is -2.53. The first kappa shape index (κ1) is 17.3. The number of imidazole rings is 1. The second-order valence-corrected chi connectivity index (χ2v) is 6.55. The third-order valence-corrected chi connectivity index (χ3v) is 4.02. The van der Waals surface area contributed by atoms with Gasteiger partial charge in [0.25, 0.3) is 0 Å². The largest absolute Gasteiger partial charge is 0.497 e. The first-order chi connectivity index (χ1) is 12.0. The van der Waals surface area contributed by atoms with Gasteiger partial charge in [0.05, 0.1) is 24.9 Å². The van der Waals surface area contributed by atoms with Gasteiger partial charge in [-0.2, -0.15) is 0 Å². The topological polar surface area (TPSA) is 55.6 Å². The zero-order chi connectivity index (χ0) is 18.0. The molecule has 1 aromatic carbocycles. The number of halogens is 1. The van der Waals surface area contributed by atoms with Crippen LogP contribution in [0.4, 0.5) is 0 Å². The molecule has 0 aliphatic rings. The highest BCUT2D eigenvalue weighted by molar-refractivity contribution is 6.30. The maximum absolute atomic E-state index is 12.3. The molecular weight excluding hydrogens is 338 g/mol. The lowest BCUT2D eigenvalue weighted by Gasteiger charge is -2.09.